The highest BCUT2D eigenvalue weighted by Crippen LogP contribution is 2.41. The number of hydrogen-bond acceptors (Lipinski definition) is 4. The molecule has 0 fully saturated rings. The Bertz CT molecular complexity index is 1280. The Labute approximate surface area is 179 Å². The van der Waals surface area contributed by atoms with Crippen LogP contribution in [0.25, 0.3) is 32.1 Å². The number of nitrogens with zero attached hydrogens (tertiary/aromatic N) is 1. The van der Waals surface area contributed by atoms with Crippen molar-refractivity contribution in [3.63, 3.8) is 0 Å². The fourth-order valence-electron chi connectivity index (χ4n) is 4.40. The third-order valence-corrected chi connectivity index (χ3v) is 6.83. The van der Waals surface area contributed by atoms with Crippen molar-refractivity contribution < 1.29 is 4.74 Å². The van der Waals surface area contributed by atoms with Gasteiger partial charge in [-0.05, 0) is 67.2 Å². The predicted octanol–water partition coefficient (Wildman–Crippen LogP) is 4.87. The topological polar surface area (TPSA) is 45.3 Å². The van der Waals surface area contributed by atoms with E-state index in [2.05, 4.69) is 42.2 Å². The highest BCUT2D eigenvalue weighted by Gasteiger charge is 2.24. The van der Waals surface area contributed by atoms with E-state index in [1.54, 1.807) is 7.11 Å². The van der Waals surface area contributed by atoms with E-state index in [0.717, 1.165) is 50.7 Å². The molecule has 1 N–H and O–H groups in total. The number of aromatic nitrogens is 1. The second-order valence-corrected chi connectivity index (χ2v) is 8.61. The van der Waals surface area contributed by atoms with Crippen molar-refractivity contribution >= 4 is 44.7 Å². The summed E-state index contributed by atoms with van der Waals surface area (Å²) in [7, 11) is 6.00. The first kappa shape index (κ1) is 20.0. The van der Waals surface area contributed by atoms with Gasteiger partial charge in [0.1, 0.15) is 10.4 Å². The zero-order valence-electron chi connectivity index (χ0n) is 16.6. The molecule has 0 radical (unpaired) electrons. The van der Waals surface area contributed by atoms with Crippen LogP contribution in [0.1, 0.15) is 11.1 Å². The van der Waals surface area contributed by atoms with Gasteiger partial charge in [-0.25, -0.2) is 0 Å². The molecular weight excluding hydrogens is 404 g/mol. The number of thiophene rings is 1. The maximum Gasteiger partial charge on any atom is 0.266 e. The first-order valence-corrected chi connectivity index (χ1v) is 10.3. The second-order valence-electron chi connectivity index (χ2n) is 7.69. The molecule has 0 bridgehead atoms. The van der Waals surface area contributed by atoms with E-state index in [0.29, 0.717) is 6.04 Å². The maximum absolute atomic E-state index is 12.4. The first-order valence-electron chi connectivity index (χ1n) is 9.45. The molecule has 2 aromatic carbocycles. The van der Waals surface area contributed by atoms with Crippen LogP contribution in [0, 0.1) is 0 Å². The minimum absolute atomic E-state index is 0. The van der Waals surface area contributed by atoms with E-state index in [9.17, 15) is 4.79 Å². The molecule has 29 heavy (non-hydrogen) atoms. The lowest BCUT2D eigenvalue weighted by Gasteiger charge is -2.17. The van der Waals surface area contributed by atoms with Gasteiger partial charge >= 0.3 is 0 Å². The van der Waals surface area contributed by atoms with Crippen molar-refractivity contribution in [3.8, 4) is 16.9 Å². The quantitative estimate of drug-likeness (QED) is 0.508. The van der Waals surface area contributed by atoms with Crippen molar-refractivity contribution in [3.05, 3.63) is 63.3 Å². The van der Waals surface area contributed by atoms with Gasteiger partial charge in [-0.15, -0.1) is 23.7 Å². The highest BCUT2D eigenvalue weighted by molar-refractivity contribution is 7.17. The number of aromatic amines is 1. The molecule has 0 spiro atoms. The first-order chi connectivity index (χ1) is 13.6. The van der Waals surface area contributed by atoms with Gasteiger partial charge < -0.3 is 14.6 Å². The number of fused-ring (bicyclic) bond motifs is 4. The average Bonchev–Trinajstić information content (AvgIpc) is 3.34. The van der Waals surface area contributed by atoms with Gasteiger partial charge in [-0.1, -0.05) is 18.2 Å². The number of rotatable bonds is 3. The van der Waals surface area contributed by atoms with Crippen LogP contribution >= 0.6 is 23.7 Å². The van der Waals surface area contributed by atoms with Crippen molar-refractivity contribution in [1.82, 2.24) is 9.88 Å². The van der Waals surface area contributed by atoms with E-state index in [1.807, 2.05) is 23.6 Å². The number of ether oxygens (including phenoxy) is 1. The number of benzene rings is 2. The average molecular weight is 427 g/mol. The van der Waals surface area contributed by atoms with Crippen LogP contribution in [0.3, 0.4) is 0 Å². The molecular formula is C23H23ClN2O2S. The van der Waals surface area contributed by atoms with Gasteiger partial charge in [-0.3, -0.25) is 4.79 Å². The number of H-pyrrole nitrogens is 1. The van der Waals surface area contributed by atoms with Crippen molar-refractivity contribution in [2.75, 3.05) is 21.2 Å². The Morgan fingerprint density at radius 1 is 1.10 bits per heavy atom. The zero-order valence-corrected chi connectivity index (χ0v) is 18.2. The van der Waals surface area contributed by atoms with Gasteiger partial charge in [0, 0.05) is 27.9 Å². The Morgan fingerprint density at radius 2 is 1.90 bits per heavy atom. The highest BCUT2D eigenvalue weighted by atomic mass is 35.5. The smallest absolute Gasteiger partial charge is 0.266 e. The third-order valence-electron chi connectivity index (χ3n) is 5.91. The number of pyridine rings is 1. The van der Waals surface area contributed by atoms with Crippen LogP contribution in [-0.4, -0.2) is 37.1 Å². The molecule has 0 saturated heterocycles. The Balaban J connectivity index is 0.00000205. The molecule has 1 aliphatic carbocycles. The molecule has 1 aliphatic rings. The summed E-state index contributed by atoms with van der Waals surface area (Å²) in [6.45, 7) is 0. The summed E-state index contributed by atoms with van der Waals surface area (Å²) in [6, 6.07) is 13.2. The summed E-state index contributed by atoms with van der Waals surface area (Å²) in [5.74, 6) is 0.828. The fraction of sp³-hybridized carbons (Fsp3) is 0.261. The predicted molar refractivity (Wildman–Crippen MR) is 124 cm³/mol. The fourth-order valence-corrected chi connectivity index (χ4v) is 5.20. The normalized spacial score (nSPS) is 15.7. The van der Waals surface area contributed by atoms with Gasteiger partial charge in [0.2, 0.25) is 0 Å². The molecule has 1 atom stereocenters. The van der Waals surface area contributed by atoms with E-state index >= 15 is 0 Å². The molecule has 0 aliphatic heterocycles. The molecule has 6 heteroatoms. The maximum atomic E-state index is 12.4. The molecule has 1 unspecified atom stereocenters. The van der Waals surface area contributed by atoms with E-state index < -0.39 is 0 Å². The zero-order chi connectivity index (χ0) is 19.4. The number of nitrogens with one attached hydrogen (secondary N) is 1. The minimum atomic E-state index is -0.0311. The summed E-state index contributed by atoms with van der Waals surface area (Å²) in [5.41, 5.74) is 5.84. The van der Waals surface area contributed by atoms with E-state index in [4.69, 9.17) is 4.74 Å². The molecule has 0 amide bonds. The SMILES string of the molecule is COc1ccc2[nH]c(=O)c3sccc3c2c1-c1ccc2c(c1)CC(N(C)C)C2.Cl. The molecule has 150 valence electrons. The number of methoxy groups -OCH3 is 1. The molecule has 2 heterocycles. The summed E-state index contributed by atoms with van der Waals surface area (Å²) in [6.07, 6.45) is 2.16. The summed E-state index contributed by atoms with van der Waals surface area (Å²) in [5, 5.41) is 4.02. The van der Waals surface area contributed by atoms with Crippen LogP contribution in [0.2, 0.25) is 0 Å². The van der Waals surface area contributed by atoms with E-state index in [1.165, 1.54) is 22.5 Å². The van der Waals surface area contributed by atoms with Crippen LogP contribution in [0.4, 0.5) is 0 Å². The third kappa shape index (κ3) is 3.14. The lowest BCUT2D eigenvalue weighted by atomic mass is 9.95. The molecule has 4 aromatic rings. The summed E-state index contributed by atoms with van der Waals surface area (Å²) in [4.78, 5) is 17.8. The lowest BCUT2D eigenvalue weighted by Crippen LogP contribution is -2.27. The van der Waals surface area contributed by atoms with Crippen LogP contribution in [0.15, 0.2) is 46.6 Å². The molecule has 4 nitrogen and oxygen atoms in total. The summed E-state index contributed by atoms with van der Waals surface area (Å²) >= 11 is 1.48. The van der Waals surface area contributed by atoms with Crippen molar-refractivity contribution in [1.29, 1.82) is 0 Å². The summed E-state index contributed by atoms with van der Waals surface area (Å²) < 4.78 is 6.51. The van der Waals surface area contributed by atoms with E-state index in [-0.39, 0.29) is 18.0 Å². The lowest BCUT2D eigenvalue weighted by molar-refractivity contribution is 0.303. The minimum Gasteiger partial charge on any atom is -0.496 e. The second kappa shape index (κ2) is 7.48. The van der Waals surface area contributed by atoms with Gasteiger partial charge in [0.05, 0.1) is 7.11 Å². The monoisotopic (exact) mass is 426 g/mol. The van der Waals surface area contributed by atoms with Gasteiger partial charge in [0.15, 0.2) is 0 Å². The molecule has 5 rings (SSSR count). The van der Waals surface area contributed by atoms with Gasteiger partial charge in [0.25, 0.3) is 5.56 Å². The molecule has 0 saturated carbocycles. The largest absolute Gasteiger partial charge is 0.496 e. The van der Waals surface area contributed by atoms with Crippen molar-refractivity contribution in [2.24, 2.45) is 0 Å². The van der Waals surface area contributed by atoms with Crippen LogP contribution < -0.4 is 10.3 Å². The van der Waals surface area contributed by atoms with Gasteiger partial charge in [-0.2, -0.15) is 0 Å². The number of halogens is 1. The van der Waals surface area contributed by atoms with Crippen molar-refractivity contribution in [2.45, 2.75) is 18.9 Å². The number of likely N-dealkylation sites (N-methyl/N-ethyl adjacent to an activating group) is 1. The Morgan fingerprint density at radius 3 is 2.66 bits per heavy atom. The number of hydrogen-bond donors (Lipinski definition) is 1. The Kier molecular flexibility index (Phi) is 5.15. The van der Waals surface area contributed by atoms with Crippen LogP contribution in [-0.2, 0) is 12.8 Å². The standard InChI is InChI=1S/C23H22N2O2S.ClH/c1-25(2)16-11-13-4-5-14(10-15(13)12-16)20-19(27-3)7-6-18-21(20)17-8-9-28-22(17)23(26)24-18;/h4-10,16H,11-12H2,1-3H3,(H,24,26);1H. The van der Waals surface area contributed by atoms with Crippen LogP contribution in [0.5, 0.6) is 5.75 Å². The molecule has 2 aromatic heterocycles. The Hall–Kier alpha value is -2.34.